The minimum absolute atomic E-state index is 0.0306. The van der Waals surface area contributed by atoms with Gasteiger partial charge in [0.05, 0.1) is 5.56 Å². The number of nitrogens with zero attached hydrogens (tertiary/aromatic N) is 3. The van der Waals surface area contributed by atoms with E-state index in [0.29, 0.717) is 18.9 Å². The van der Waals surface area contributed by atoms with Gasteiger partial charge in [0.25, 0.3) is 5.56 Å². The van der Waals surface area contributed by atoms with Gasteiger partial charge >= 0.3 is 11.9 Å². The van der Waals surface area contributed by atoms with Gasteiger partial charge in [-0.3, -0.25) is 9.78 Å². The number of piperidine rings is 1. The Morgan fingerprint density at radius 2 is 1.93 bits per heavy atom. The summed E-state index contributed by atoms with van der Waals surface area (Å²) in [4.78, 5) is 27.1. The zero-order chi connectivity index (χ0) is 19.2. The average Bonchev–Trinajstić information content (AvgIpc) is 3.18. The number of alkyl halides is 3. The lowest BCUT2D eigenvalue weighted by molar-refractivity contribution is -0.137. The highest BCUT2D eigenvalue weighted by Gasteiger charge is 2.60. The second kappa shape index (κ2) is 6.33. The molecule has 0 amide bonds. The Labute approximate surface area is 152 Å². The van der Waals surface area contributed by atoms with E-state index in [9.17, 15) is 22.8 Å². The van der Waals surface area contributed by atoms with Crippen molar-refractivity contribution in [3.63, 3.8) is 0 Å². The molecule has 0 unspecified atom stereocenters. The van der Waals surface area contributed by atoms with Crippen molar-refractivity contribution in [2.45, 2.75) is 31.0 Å². The fraction of sp³-hybridized carbons (Fsp3) is 0.500. The highest BCUT2D eigenvalue weighted by Crippen LogP contribution is 2.59. The van der Waals surface area contributed by atoms with E-state index in [0.717, 1.165) is 49.9 Å². The van der Waals surface area contributed by atoms with Gasteiger partial charge in [-0.15, -0.1) is 0 Å². The molecule has 2 aromatic rings. The maximum atomic E-state index is 12.7. The number of hydrogen-bond donors (Lipinski definition) is 1. The maximum absolute atomic E-state index is 12.7. The van der Waals surface area contributed by atoms with E-state index in [4.69, 9.17) is 0 Å². The second-order valence-corrected chi connectivity index (χ2v) is 7.38. The number of fused-ring (bicyclic) bond motifs is 1. The van der Waals surface area contributed by atoms with Crippen LogP contribution in [0.1, 0.15) is 24.0 Å². The van der Waals surface area contributed by atoms with Crippen LogP contribution < -0.4 is 11.2 Å². The summed E-state index contributed by atoms with van der Waals surface area (Å²) < 4.78 is 39.4. The molecule has 1 saturated carbocycles. The number of aryl methyl sites for hydroxylation is 1. The molecule has 4 rings (SSSR count). The Kier molecular flexibility index (Phi) is 4.21. The SMILES string of the molecule is O=c1cnn(CCCN2C[C@@H]3C[C@]3(c3ccc(C(F)(F)F)cc3)C2)c(=O)[nH]1. The number of hydrogen-bond acceptors (Lipinski definition) is 4. The molecule has 0 bridgehead atoms. The molecule has 6 nitrogen and oxygen atoms in total. The van der Waals surface area contributed by atoms with Crippen LogP contribution in [0, 0.1) is 5.92 Å². The predicted molar refractivity (Wildman–Crippen MR) is 91.4 cm³/mol. The molecule has 9 heteroatoms. The number of rotatable bonds is 5. The Hall–Kier alpha value is -2.42. The van der Waals surface area contributed by atoms with E-state index < -0.39 is 23.0 Å². The molecular weight excluding hydrogens is 361 g/mol. The van der Waals surface area contributed by atoms with Gasteiger partial charge in [0.1, 0.15) is 6.20 Å². The number of aromatic nitrogens is 3. The van der Waals surface area contributed by atoms with Gasteiger partial charge in [-0.1, -0.05) is 12.1 Å². The molecule has 1 saturated heterocycles. The summed E-state index contributed by atoms with van der Waals surface area (Å²) in [6.07, 6.45) is -1.52. The minimum atomic E-state index is -4.31. The average molecular weight is 380 g/mol. The summed E-state index contributed by atoms with van der Waals surface area (Å²) >= 11 is 0. The zero-order valence-corrected chi connectivity index (χ0v) is 14.5. The molecule has 144 valence electrons. The van der Waals surface area contributed by atoms with Crippen molar-refractivity contribution in [1.82, 2.24) is 19.7 Å². The molecule has 1 aliphatic heterocycles. The first-order valence-electron chi connectivity index (χ1n) is 8.84. The van der Waals surface area contributed by atoms with Crippen LogP contribution in [0.2, 0.25) is 0 Å². The van der Waals surface area contributed by atoms with E-state index >= 15 is 0 Å². The van der Waals surface area contributed by atoms with Crippen molar-refractivity contribution in [3.8, 4) is 0 Å². The van der Waals surface area contributed by atoms with Gasteiger partial charge in [0.2, 0.25) is 0 Å². The first-order valence-corrected chi connectivity index (χ1v) is 8.84. The zero-order valence-electron chi connectivity index (χ0n) is 14.5. The number of nitrogens with one attached hydrogen (secondary N) is 1. The summed E-state index contributed by atoms with van der Waals surface area (Å²) in [6, 6.07) is 5.54. The van der Waals surface area contributed by atoms with Gasteiger partial charge in [-0.25, -0.2) is 9.48 Å². The normalized spacial score (nSPS) is 24.8. The quantitative estimate of drug-likeness (QED) is 0.856. The highest BCUT2D eigenvalue weighted by atomic mass is 19.4. The van der Waals surface area contributed by atoms with Crippen LogP contribution in [0.25, 0.3) is 0 Å². The van der Waals surface area contributed by atoms with E-state index in [-0.39, 0.29) is 5.41 Å². The van der Waals surface area contributed by atoms with Crippen molar-refractivity contribution in [2.24, 2.45) is 5.92 Å². The van der Waals surface area contributed by atoms with Gasteiger partial charge < -0.3 is 4.90 Å². The van der Waals surface area contributed by atoms with Gasteiger partial charge in [0.15, 0.2) is 0 Å². The lowest BCUT2D eigenvalue weighted by Crippen LogP contribution is -2.33. The van der Waals surface area contributed by atoms with E-state index in [1.165, 1.54) is 4.68 Å². The molecule has 2 aliphatic rings. The molecule has 2 fully saturated rings. The largest absolute Gasteiger partial charge is 0.416 e. The van der Waals surface area contributed by atoms with E-state index in [1.54, 1.807) is 12.1 Å². The number of aromatic amines is 1. The first-order chi connectivity index (χ1) is 12.8. The number of likely N-dealkylation sites (tertiary alicyclic amines) is 1. The van der Waals surface area contributed by atoms with Crippen LogP contribution >= 0.6 is 0 Å². The third kappa shape index (κ3) is 3.43. The van der Waals surface area contributed by atoms with E-state index in [2.05, 4.69) is 15.0 Å². The lowest BCUT2D eigenvalue weighted by atomic mass is 9.94. The molecule has 27 heavy (non-hydrogen) atoms. The third-order valence-electron chi connectivity index (χ3n) is 5.63. The fourth-order valence-electron chi connectivity index (χ4n) is 4.18. The predicted octanol–water partition coefficient (Wildman–Crippen LogP) is 1.61. The summed E-state index contributed by atoms with van der Waals surface area (Å²) in [5.41, 5.74) is -0.713. The molecule has 1 aromatic heterocycles. The number of H-pyrrole nitrogens is 1. The molecule has 0 spiro atoms. The molecule has 2 heterocycles. The van der Waals surface area contributed by atoms with Crippen molar-refractivity contribution in [3.05, 3.63) is 62.4 Å². The van der Waals surface area contributed by atoms with Crippen molar-refractivity contribution >= 4 is 0 Å². The Bertz CT molecular complexity index is 951. The Balaban J connectivity index is 1.35. The topological polar surface area (TPSA) is 71.0 Å². The molecule has 0 radical (unpaired) electrons. The van der Waals surface area contributed by atoms with Crippen molar-refractivity contribution in [1.29, 1.82) is 0 Å². The molecule has 1 aromatic carbocycles. The molecule has 1 aliphatic carbocycles. The molecule has 2 atom stereocenters. The lowest BCUT2D eigenvalue weighted by Gasteiger charge is -2.21. The smallest absolute Gasteiger partial charge is 0.302 e. The van der Waals surface area contributed by atoms with Crippen LogP contribution in [0.15, 0.2) is 40.1 Å². The van der Waals surface area contributed by atoms with Crippen LogP contribution in [0.5, 0.6) is 0 Å². The van der Waals surface area contributed by atoms with Crippen LogP contribution in [-0.4, -0.2) is 39.3 Å². The first kappa shape index (κ1) is 18.0. The minimum Gasteiger partial charge on any atom is -0.302 e. The fourth-order valence-corrected chi connectivity index (χ4v) is 4.18. The molecular formula is C18H19F3N4O2. The Morgan fingerprint density at radius 1 is 1.19 bits per heavy atom. The van der Waals surface area contributed by atoms with Crippen molar-refractivity contribution in [2.75, 3.05) is 19.6 Å². The van der Waals surface area contributed by atoms with Crippen LogP contribution in [0.4, 0.5) is 13.2 Å². The standard InChI is InChI=1S/C18H19F3N4O2/c19-18(20,21)13-4-2-12(3-5-13)17-8-14(17)10-24(11-17)6-1-7-25-16(27)23-15(26)9-22-25/h2-5,9,14H,1,6-8,10-11H2,(H,23,26,27)/t14-,17+/m0/s1. The summed E-state index contributed by atoms with van der Waals surface area (Å²) in [5.74, 6) is 0.475. The van der Waals surface area contributed by atoms with Crippen LogP contribution in [0.3, 0.4) is 0 Å². The van der Waals surface area contributed by atoms with Crippen molar-refractivity contribution < 1.29 is 13.2 Å². The summed E-state index contributed by atoms with van der Waals surface area (Å²) in [6.45, 7) is 2.90. The summed E-state index contributed by atoms with van der Waals surface area (Å²) in [5, 5.41) is 3.80. The number of halogens is 3. The molecule has 1 N–H and O–H groups in total. The second-order valence-electron chi connectivity index (χ2n) is 7.38. The van der Waals surface area contributed by atoms with Gasteiger partial charge in [0, 0.05) is 25.0 Å². The summed E-state index contributed by atoms with van der Waals surface area (Å²) in [7, 11) is 0. The highest BCUT2D eigenvalue weighted by molar-refractivity contribution is 5.39. The Morgan fingerprint density at radius 3 is 2.59 bits per heavy atom. The monoisotopic (exact) mass is 380 g/mol. The van der Waals surface area contributed by atoms with Gasteiger partial charge in [-0.05, 0) is 43.0 Å². The maximum Gasteiger partial charge on any atom is 0.416 e. The van der Waals surface area contributed by atoms with Gasteiger partial charge in [-0.2, -0.15) is 18.3 Å². The van der Waals surface area contributed by atoms with Crippen LogP contribution in [-0.2, 0) is 18.1 Å². The van der Waals surface area contributed by atoms with E-state index in [1.807, 2.05) is 0 Å². The number of benzene rings is 1. The third-order valence-corrected chi connectivity index (χ3v) is 5.63.